The molecule has 2 rings (SSSR count). The summed E-state index contributed by atoms with van der Waals surface area (Å²) in [6, 6.07) is 13.2. The van der Waals surface area contributed by atoms with Crippen LogP contribution in [-0.4, -0.2) is 16.1 Å². The number of carboxylic acids is 1. The maximum Gasteiger partial charge on any atom is 0.313 e. The highest BCUT2D eigenvalue weighted by Gasteiger charge is 2.29. The molecular weight excluding hydrogens is 226 g/mol. The average molecular weight is 241 g/mol. The maximum atomic E-state index is 11.3. The second kappa shape index (κ2) is 4.61. The van der Waals surface area contributed by atoms with Crippen molar-refractivity contribution in [1.29, 1.82) is 0 Å². The lowest BCUT2D eigenvalue weighted by Crippen LogP contribution is -2.28. The van der Waals surface area contributed by atoms with Crippen LogP contribution >= 0.6 is 0 Å². The number of nitrogens with zero attached hydrogens (tertiary/aromatic N) is 1. The van der Waals surface area contributed by atoms with Crippen molar-refractivity contribution in [2.24, 2.45) is 0 Å². The highest BCUT2D eigenvalue weighted by molar-refractivity contribution is 5.81. The second-order valence-electron chi connectivity index (χ2n) is 4.73. The zero-order valence-corrected chi connectivity index (χ0v) is 10.4. The first kappa shape index (κ1) is 12.3. The molecule has 0 unspecified atom stereocenters. The molecule has 0 aliphatic rings. The minimum atomic E-state index is -0.898. The number of benzene rings is 1. The van der Waals surface area contributed by atoms with Gasteiger partial charge < -0.3 is 5.11 Å². The molecule has 0 saturated heterocycles. The molecule has 0 aliphatic heterocycles. The molecule has 3 heteroatoms. The third-order valence-electron chi connectivity index (χ3n) is 3.08. The molecule has 92 valence electrons. The maximum absolute atomic E-state index is 11.3. The summed E-state index contributed by atoms with van der Waals surface area (Å²) in [6.07, 6.45) is 1.73. The standard InChI is InChI=1S/C15H15NO2/c1-15(2,14(17)18)12-7-5-6-11(10-12)13-8-3-4-9-16-13/h3-10H,1-2H3,(H,17,18). The van der Waals surface area contributed by atoms with E-state index in [1.54, 1.807) is 20.0 Å². The first-order valence-corrected chi connectivity index (χ1v) is 5.77. The molecule has 0 atom stereocenters. The molecule has 1 aromatic heterocycles. The van der Waals surface area contributed by atoms with Crippen LogP contribution in [0, 0.1) is 0 Å². The molecule has 1 N–H and O–H groups in total. The van der Waals surface area contributed by atoms with Gasteiger partial charge in [-0.15, -0.1) is 0 Å². The number of aromatic nitrogens is 1. The van der Waals surface area contributed by atoms with Crippen LogP contribution in [-0.2, 0) is 10.2 Å². The highest BCUT2D eigenvalue weighted by atomic mass is 16.4. The first-order chi connectivity index (χ1) is 8.51. The fourth-order valence-electron chi connectivity index (χ4n) is 1.72. The van der Waals surface area contributed by atoms with E-state index >= 15 is 0 Å². The van der Waals surface area contributed by atoms with E-state index in [-0.39, 0.29) is 0 Å². The van der Waals surface area contributed by atoms with Crippen molar-refractivity contribution in [2.75, 3.05) is 0 Å². The van der Waals surface area contributed by atoms with Crippen molar-refractivity contribution in [3.05, 3.63) is 54.2 Å². The van der Waals surface area contributed by atoms with Crippen LogP contribution < -0.4 is 0 Å². The summed E-state index contributed by atoms with van der Waals surface area (Å²) in [5.41, 5.74) is 1.66. The van der Waals surface area contributed by atoms with Gasteiger partial charge in [0.1, 0.15) is 0 Å². The highest BCUT2D eigenvalue weighted by Crippen LogP contribution is 2.27. The van der Waals surface area contributed by atoms with Gasteiger partial charge in [0, 0.05) is 11.8 Å². The molecule has 18 heavy (non-hydrogen) atoms. The summed E-state index contributed by atoms with van der Waals surface area (Å²) in [5, 5.41) is 9.24. The number of rotatable bonds is 3. The fourth-order valence-corrected chi connectivity index (χ4v) is 1.72. The number of hydrogen-bond donors (Lipinski definition) is 1. The van der Waals surface area contributed by atoms with Crippen LogP contribution in [0.2, 0.25) is 0 Å². The van der Waals surface area contributed by atoms with Gasteiger partial charge in [0.05, 0.1) is 11.1 Å². The van der Waals surface area contributed by atoms with E-state index in [1.165, 1.54) is 0 Å². The topological polar surface area (TPSA) is 50.2 Å². The summed E-state index contributed by atoms with van der Waals surface area (Å²) >= 11 is 0. The molecule has 0 bridgehead atoms. The minimum absolute atomic E-state index is 0.776. The Labute approximate surface area is 106 Å². The van der Waals surface area contributed by atoms with Crippen molar-refractivity contribution >= 4 is 5.97 Å². The Hall–Kier alpha value is -2.16. The average Bonchev–Trinajstić information content (AvgIpc) is 2.40. The molecule has 2 aromatic rings. The van der Waals surface area contributed by atoms with E-state index in [9.17, 15) is 9.90 Å². The summed E-state index contributed by atoms with van der Waals surface area (Å²) in [4.78, 5) is 15.5. The van der Waals surface area contributed by atoms with Crippen LogP contribution in [0.1, 0.15) is 19.4 Å². The monoisotopic (exact) mass is 241 g/mol. The van der Waals surface area contributed by atoms with Gasteiger partial charge in [0.2, 0.25) is 0 Å². The van der Waals surface area contributed by atoms with Crippen molar-refractivity contribution in [2.45, 2.75) is 19.3 Å². The lowest BCUT2D eigenvalue weighted by Gasteiger charge is -2.20. The summed E-state index contributed by atoms with van der Waals surface area (Å²) in [6.45, 7) is 3.40. The molecule has 0 fully saturated rings. The molecule has 1 heterocycles. The fraction of sp³-hybridized carbons (Fsp3) is 0.200. The van der Waals surface area contributed by atoms with E-state index in [1.807, 2.05) is 42.5 Å². The van der Waals surface area contributed by atoms with Gasteiger partial charge in [0.15, 0.2) is 0 Å². The van der Waals surface area contributed by atoms with E-state index in [4.69, 9.17) is 0 Å². The van der Waals surface area contributed by atoms with Crippen molar-refractivity contribution in [3.63, 3.8) is 0 Å². The van der Waals surface area contributed by atoms with Gasteiger partial charge >= 0.3 is 5.97 Å². The first-order valence-electron chi connectivity index (χ1n) is 5.77. The number of aliphatic carboxylic acids is 1. The normalized spacial score (nSPS) is 11.2. The Kier molecular flexibility index (Phi) is 3.15. The molecule has 3 nitrogen and oxygen atoms in total. The Morgan fingerprint density at radius 3 is 2.56 bits per heavy atom. The number of carboxylic acid groups (broad SMARTS) is 1. The van der Waals surface area contributed by atoms with Gasteiger partial charge in [-0.25, -0.2) is 0 Å². The Balaban J connectivity index is 2.46. The van der Waals surface area contributed by atoms with Crippen molar-refractivity contribution in [1.82, 2.24) is 4.98 Å². The summed E-state index contributed by atoms with van der Waals surface area (Å²) in [5.74, 6) is -0.833. The molecule has 0 spiro atoms. The van der Waals surface area contributed by atoms with E-state index < -0.39 is 11.4 Å². The third kappa shape index (κ3) is 2.25. The van der Waals surface area contributed by atoms with E-state index in [0.717, 1.165) is 16.8 Å². The van der Waals surface area contributed by atoms with Crippen molar-refractivity contribution in [3.8, 4) is 11.3 Å². The Morgan fingerprint density at radius 1 is 1.17 bits per heavy atom. The SMILES string of the molecule is CC(C)(C(=O)O)c1cccc(-c2ccccn2)c1. The van der Waals surface area contributed by atoms with Crippen LogP contribution in [0.15, 0.2) is 48.7 Å². The van der Waals surface area contributed by atoms with Gasteiger partial charge in [-0.1, -0.05) is 24.3 Å². The van der Waals surface area contributed by atoms with Gasteiger partial charge in [-0.2, -0.15) is 0 Å². The van der Waals surface area contributed by atoms with Crippen molar-refractivity contribution < 1.29 is 9.90 Å². The molecule has 0 radical (unpaired) electrons. The largest absolute Gasteiger partial charge is 0.481 e. The lowest BCUT2D eigenvalue weighted by atomic mass is 9.84. The molecule has 0 aliphatic carbocycles. The van der Waals surface area contributed by atoms with E-state index in [0.29, 0.717) is 0 Å². The second-order valence-corrected chi connectivity index (χ2v) is 4.73. The molecule has 0 amide bonds. The lowest BCUT2D eigenvalue weighted by molar-refractivity contribution is -0.142. The van der Waals surface area contributed by atoms with Crippen LogP contribution in [0.25, 0.3) is 11.3 Å². The van der Waals surface area contributed by atoms with Gasteiger partial charge in [-0.05, 0) is 37.6 Å². The predicted octanol–water partition coefficient (Wildman–Crippen LogP) is 3.11. The molecular formula is C15H15NO2. The number of pyridine rings is 1. The number of hydrogen-bond acceptors (Lipinski definition) is 2. The van der Waals surface area contributed by atoms with Crippen LogP contribution in [0.3, 0.4) is 0 Å². The van der Waals surface area contributed by atoms with Gasteiger partial charge in [-0.3, -0.25) is 9.78 Å². The Bertz CT molecular complexity index is 562. The minimum Gasteiger partial charge on any atom is -0.481 e. The smallest absolute Gasteiger partial charge is 0.313 e. The van der Waals surface area contributed by atoms with E-state index in [2.05, 4.69) is 4.98 Å². The molecule has 0 saturated carbocycles. The zero-order chi connectivity index (χ0) is 13.2. The third-order valence-corrected chi connectivity index (χ3v) is 3.08. The summed E-state index contributed by atoms with van der Waals surface area (Å²) in [7, 11) is 0. The van der Waals surface area contributed by atoms with Gasteiger partial charge in [0.25, 0.3) is 0 Å². The quantitative estimate of drug-likeness (QED) is 0.898. The number of carbonyl (C=O) groups is 1. The summed E-state index contributed by atoms with van der Waals surface area (Å²) < 4.78 is 0. The van der Waals surface area contributed by atoms with Crippen LogP contribution in [0.5, 0.6) is 0 Å². The zero-order valence-electron chi connectivity index (χ0n) is 10.4. The van der Waals surface area contributed by atoms with Crippen LogP contribution in [0.4, 0.5) is 0 Å². The predicted molar refractivity (Wildman–Crippen MR) is 70.3 cm³/mol. The molecule has 1 aromatic carbocycles. The Morgan fingerprint density at radius 2 is 1.94 bits per heavy atom.